The number of nitrogens with one attached hydrogen (secondary N) is 1. The van der Waals surface area contributed by atoms with Crippen LogP contribution < -0.4 is 10.2 Å². The summed E-state index contributed by atoms with van der Waals surface area (Å²) in [6.45, 7) is 2.12. The third-order valence-electron chi connectivity index (χ3n) is 3.03. The van der Waals surface area contributed by atoms with Crippen LogP contribution in [0.3, 0.4) is 0 Å². The number of hydrogen-bond donors (Lipinski definition) is 1. The van der Waals surface area contributed by atoms with E-state index in [1.54, 1.807) is 11.3 Å². The molecule has 96 valence electrons. The molecule has 0 spiro atoms. The highest BCUT2D eigenvalue weighted by Crippen LogP contribution is 2.27. The Morgan fingerprint density at radius 2 is 1.89 bits per heavy atom. The van der Waals surface area contributed by atoms with Crippen molar-refractivity contribution in [2.45, 2.75) is 13.0 Å². The van der Waals surface area contributed by atoms with E-state index in [1.807, 2.05) is 21.1 Å². The van der Waals surface area contributed by atoms with E-state index in [0.29, 0.717) is 6.04 Å². The Bertz CT molecular complexity index is 502. The van der Waals surface area contributed by atoms with Gasteiger partial charge in [-0.3, -0.25) is 0 Å². The minimum absolute atomic E-state index is 0.302. The molecule has 0 radical (unpaired) electrons. The SMILES string of the molecule is CNC(C)c1csc(-c2ccc(N(C)C)cc2)n1. The smallest absolute Gasteiger partial charge is 0.123 e. The first-order chi connectivity index (χ1) is 8.61. The molecule has 3 nitrogen and oxygen atoms in total. The quantitative estimate of drug-likeness (QED) is 0.916. The van der Waals surface area contributed by atoms with Gasteiger partial charge in [0.2, 0.25) is 0 Å². The van der Waals surface area contributed by atoms with Gasteiger partial charge in [0, 0.05) is 36.8 Å². The number of benzene rings is 1. The average molecular weight is 261 g/mol. The van der Waals surface area contributed by atoms with Gasteiger partial charge in [-0.05, 0) is 38.2 Å². The zero-order valence-corrected chi connectivity index (χ0v) is 12.1. The summed E-state index contributed by atoms with van der Waals surface area (Å²) in [5.74, 6) is 0. The second-order valence-corrected chi connectivity index (χ2v) is 5.39. The maximum absolute atomic E-state index is 4.67. The fraction of sp³-hybridized carbons (Fsp3) is 0.357. The standard InChI is InChI=1S/C14H19N3S/c1-10(15-2)13-9-18-14(16-13)11-5-7-12(8-6-11)17(3)4/h5-10,15H,1-4H3. The van der Waals surface area contributed by atoms with Gasteiger partial charge in [0.15, 0.2) is 0 Å². The summed E-state index contributed by atoms with van der Waals surface area (Å²) in [5.41, 5.74) is 3.49. The Balaban J connectivity index is 2.23. The molecule has 18 heavy (non-hydrogen) atoms. The highest BCUT2D eigenvalue weighted by molar-refractivity contribution is 7.13. The van der Waals surface area contributed by atoms with Gasteiger partial charge in [0.25, 0.3) is 0 Å². The molecule has 1 N–H and O–H groups in total. The Kier molecular flexibility index (Phi) is 3.99. The van der Waals surface area contributed by atoms with Crippen LogP contribution >= 0.6 is 11.3 Å². The van der Waals surface area contributed by atoms with E-state index in [0.717, 1.165) is 10.7 Å². The van der Waals surface area contributed by atoms with Crippen LogP contribution in [0.5, 0.6) is 0 Å². The number of anilines is 1. The van der Waals surface area contributed by atoms with E-state index in [2.05, 4.69) is 51.8 Å². The van der Waals surface area contributed by atoms with E-state index in [4.69, 9.17) is 0 Å². The minimum Gasteiger partial charge on any atom is -0.378 e. The zero-order valence-electron chi connectivity index (χ0n) is 11.3. The second-order valence-electron chi connectivity index (χ2n) is 4.53. The monoisotopic (exact) mass is 261 g/mol. The van der Waals surface area contributed by atoms with Crippen molar-refractivity contribution >= 4 is 17.0 Å². The molecule has 0 aliphatic heterocycles. The molecule has 0 saturated heterocycles. The maximum Gasteiger partial charge on any atom is 0.123 e. The van der Waals surface area contributed by atoms with Gasteiger partial charge in [-0.1, -0.05) is 0 Å². The predicted octanol–water partition coefficient (Wildman–Crippen LogP) is 3.16. The molecular formula is C14H19N3S. The van der Waals surface area contributed by atoms with Crippen LogP contribution in [-0.2, 0) is 0 Å². The lowest BCUT2D eigenvalue weighted by Gasteiger charge is -2.12. The molecule has 4 heteroatoms. The van der Waals surface area contributed by atoms with E-state index in [-0.39, 0.29) is 0 Å². The van der Waals surface area contributed by atoms with E-state index < -0.39 is 0 Å². The summed E-state index contributed by atoms with van der Waals surface area (Å²) in [6.07, 6.45) is 0. The summed E-state index contributed by atoms with van der Waals surface area (Å²) in [5, 5.41) is 6.41. The van der Waals surface area contributed by atoms with E-state index in [9.17, 15) is 0 Å². The normalized spacial score (nSPS) is 12.4. The van der Waals surface area contributed by atoms with Gasteiger partial charge in [0.1, 0.15) is 5.01 Å². The first-order valence-corrected chi connectivity index (χ1v) is 6.90. The Hall–Kier alpha value is -1.39. The van der Waals surface area contributed by atoms with Crippen LogP contribution in [0, 0.1) is 0 Å². The molecule has 1 unspecified atom stereocenters. The summed E-state index contributed by atoms with van der Waals surface area (Å²) in [7, 11) is 6.05. The summed E-state index contributed by atoms with van der Waals surface area (Å²) < 4.78 is 0. The van der Waals surface area contributed by atoms with Gasteiger partial charge in [0.05, 0.1) is 5.69 Å². The molecule has 1 atom stereocenters. The van der Waals surface area contributed by atoms with Crippen molar-refractivity contribution in [3.63, 3.8) is 0 Å². The minimum atomic E-state index is 0.302. The molecule has 0 aliphatic rings. The van der Waals surface area contributed by atoms with E-state index >= 15 is 0 Å². The van der Waals surface area contributed by atoms with Crippen LogP contribution in [0.2, 0.25) is 0 Å². The third kappa shape index (κ3) is 2.71. The number of nitrogens with zero attached hydrogens (tertiary/aromatic N) is 2. The Morgan fingerprint density at radius 1 is 1.22 bits per heavy atom. The van der Waals surface area contributed by atoms with Crippen LogP contribution in [0.25, 0.3) is 10.6 Å². The fourth-order valence-electron chi connectivity index (χ4n) is 1.67. The largest absolute Gasteiger partial charge is 0.378 e. The first-order valence-electron chi connectivity index (χ1n) is 6.02. The summed E-state index contributed by atoms with van der Waals surface area (Å²) >= 11 is 1.70. The van der Waals surface area contributed by atoms with Crippen molar-refractivity contribution in [1.82, 2.24) is 10.3 Å². The topological polar surface area (TPSA) is 28.2 Å². The Labute approximate surface area is 112 Å². The lowest BCUT2D eigenvalue weighted by molar-refractivity contribution is 0.637. The number of thiazole rings is 1. The van der Waals surface area contributed by atoms with Crippen LogP contribution in [0.4, 0.5) is 5.69 Å². The van der Waals surface area contributed by atoms with Gasteiger partial charge in [-0.15, -0.1) is 11.3 Å². The van der Waals surface area contributed by atoms with Crippen molar-refractivity contribution < 1.29 is 0 Å². The average Bonchev–Trinajstić information content (AvgIpc) is 2.87. The summed E-state index contributed by atoms with van der Waals surface area (Å²) in [6, 6.07) is 8.80. The first kappa shape index (κ1) is 13.1. The highest BCUT2D eigenvalue weighted by atomic mass is 32.1. The van der Waals surface area contributed by atoms with Gasteiger partial charge in [-0.25, -0.2) is 4.98 Å². The molecule has 0 fully saturated rings. The molecule has 1 heterocycles. The highest BCUT2D eigenvalue weighted by Gasteiger charge is 2.09. The maximum atomic E-state index is 4.67. The molecule has 1 aromatic heterocycles. The van der Waals surface area contributed by atoms with Gasteiger partial charge in [-0.2, -0.15) is 0 Å². The van der Waals surface area contributed by atoms with Gasteiger partial charge < -0.3 is 10.2 Å². The van der Waals surface area contributed by atoms with Gasteiger partial charge >= 0.3 is 0 Å². The molecule has 0 saturated carbocycles. The predicted molar refractivity (Wildman–Crippen MR) is 79.4 cm³/mol. The van der Waals surface area contributed by atoms with Crippen molar-refractivity contribution in [1.29, 1.82) is 0 Å². The molecule has 0 bridgehead atoms. The van der Waals surface area contributed by atoms with Crippen molar-refractivity contribution in [2.24, 2.45) is 0 Å². The van der Waals surface area contributed by atoms with Crippen LogP contribution in [-0.4, -0.2) is 26.1 Å². The molecule has 1 aromatic carbocycles. The number of aromatic nitrogens is 1. The Morgan fingerprint density at radius 3 is 2.44 bits per heavy atom. The molecule has 0 amide bonds. The second kappa shape index (κ2) is 5.50. The molecule has 2 aromatic rings. The molecule has 0 aliphatic carbocycles. The fourth-order valence-corrected chi connectivity index (χ4v) is 2.59. The van der Waals surface area contributed by atoms with Crippen molar-refractivity contribution in [3.05, 3.63) is 35.3 Å². The lowest BCUT2D eigenvalue weighted by Crippen LogP contribution is -2.12. The molecular weight excluding hydrogens is 242 g/mol. The van der Waals surface area contributed by atoms with Crippen LogP contribution in [0.15, 0.2) is 29.6 Å². The number of hydrogen-bond acceptors (Lipinski definition) is 4. The molecule has 2 rings (SSSR count). The zero-order chi connectivity index (χ0) is 13.1. The van der Waals surface area contributed by atoms with Crippen molar-refractivity contribution in [3.8, 4) is 10.6 Å². The summed E-state index contributed by atoms with van der Waals surface area (Å²) in [4.78, 5) is 6.77. The number of rotatable bonds is 4. The van der Waals surface area contributed by atoms with Crippen LogP contribution in [0.1, 0.15) is 18.7 Å². The third-order valence-corrected chi connectivity index (χ3v) is 3.94. The van der Waals surface area contributed by atoms with E-state index in [1.165, 1.54) is 11.3 Å². The lowest BCUT2D eigenvalue weighted by atomic mass is 10.2. The van der Waals surface area contributed by atoms with Crippen molar-refractivity contribution in [2.75, 3.05) is 26.0 Å².